The molecule has 0 fully saturated rings. The van der Waals surface area contributed by atoms with E-state index in [1.165, 1.54) is 49.9 Å². The van der Waals surface area contributed by atoms with Gasteiger partial charge in [-0.05, 0) is 88.1 Å². The standard InChI is InChI=1S/C50H45NS2/c1-52(39-21-9-3-10-22-39,40-23-11-4-12-24-40,41-25-13-5-14-26-41)45-33-35-49-47(37-45)48-38-46(34-36-50(48)51-49)53(2,42-27-15-6-16-28-42,43-29-17-7-18-30-43)44-31-19-8-20-32-44/h3-38,51-53H,1-2H3. The Bertz CT molecular complexity index is 2300. The van der Waals surface area contributed by atoms with Crippen LogP contribution >= 0.6 is 18.3 Å². The zero-order chi connectivity index (χ0) is 36.0. The molecule has 262 valence electrons. The van der Waals surface area contributed by atoms with Crippen LogP contribution in [0.1, 0.15) is 0 Å². The molecule has 0 saturated heterocycles. The number of hydrogen-bond donors (Lipinski definition) is 3. The maximum Gasteiger partial charge on any atom is 0.0465 e. The molecule has 3 heteroatoms. The Morgan fingerprint density at radius 3 is 0.717 bits per heavy atom. The fourth-order valence-electron chi connectivity index (χ4n) is 9.16. The summed E-state index contributed by atoms with van der Waals surface area (Å²) in [5, 5.41) is 2.49. The van der Waals surface area contributed by atoms with Crippen LogP contribution in [0.5, 0.6) is 0 Å². The summed E-state index contributed by atoms with van der Waals surface area (Å²) in [7, 11) is -6.48. The second kappa shape index (κ2) is 12.4. The van der Waals surface area contributed by atoms with E-state index in [1.54, 1.807) is 0 Å². The van der Waals surface area contributed by atoms with Gasteiger partial charge >= 0.3 is 0 Å². The summed E-state index contributed by atoms with van der Waals surface area (Å²) in [6.45, 7) is 0. The Morgan fingerprint density at radius 2 is 0.491 bits per heavy atom. The molecule has 1 heterocycles. The SMILES string of the molecule is C[SH](c1ccccc1)(c1ccccc1)(c1ccccc1)c1ccc2[nH]c3ccc([SH](C)(c4ccccc4)(c4ccccc4)c4ccccc4)cc3c2c1. The predicted octanol–water partition coefficient (Wildman–Crippen LogP) is 13.8. The van der Waals surface area contributed by atoms with Gasteiger partial charge in [0.05, 0.1) is 0 Å². The number of fused-ring (bicyclic) bond motifs is 3. The lowest BCUT2D eigenvalue weighted by Gasteiger charge is -2.60. The molecule has 1 nitrogen and oxygen atoms in total. The van der Waals surface area contributed by atoms with Gasteiger partial charge in [0, 0.05) is 21.8 Å². The van der Waals surface area contributed by atoms with E-state index in [2.05, 4.69) is 236 Å². The van der Waals surface area contributed by atoms with Crippen LogP contribution < -0.4 is 0 Å². The molecule has 53 heavy (non-hydrogen) atoms. The van der Waals surface area contributed by atoms with E-state index in [-0.39, 0.29) is 0 Å². The van der Waals surface area contributed by atoms with Crippen molar-refractivity contribution in [3.63, 3.8) is 0 Å². The molecule has 0 amide bonds. The minimum absolute atomic E-state index is 1.15. The van der Waals surface area contributed by atoms with E-state index in [9.17, 15) is 0 Å². The van der Waals surface area contributed by atoms with Crippen molar-refractivity contribution in [2.75, 3.05) is 12.5 Å². The molecule has 0 aliphatic heterocycles. The van der Waals surface area contributed by atoms with E-state index in [4.69, 9.17) is 0 Å². The van der Waals surface area contributed by atoms with Gasteiger partial charge in [-0.3, -0.25) is 0 Å². The monoisotopic (exact) mass is 723 g/mol. The van der Waals surface area contributed by atoms with Crippen molar-refractivity contribution in [1.29, 1.82) is 0 Å². The molecule has 0 atom stereocenters. The van der Waals surface area contributed by atoms with Gasteiger partial charge in [-0.1, -0.05) is 182 Å². The number of nitrogens with one attached hydrogen (secondary N) is 1. The summed E-state index contributed by atoms with van der Waals surface area (Å²) in [5.74, 6) is 0. The molecule has 1 N–H and O–H groups in total. The molecular weight excluding hydrogens is 679 g/mol. The molecule has 0 bridgehead atoms. The molecular formula is C50H45NS2. The lowest BCUT2D eigenvalue weighted by molar-refractivity contribution is 1.20. The number of rotatable bonds is 8. The summed E-state index contributed by atoms with van der Waals surface area (Å²) in [6.07, 6.45) is 5.09. The van der Waals surface area contributed by atoms with E-state index in [0.717, 1.165) is 11.0 Å². The second-order valence-corrected chi connectivity index (χ2v) is 25.1. The summed E-state index contributed by atoms with van der Waals surface area (Å²) in [6, 6.07) is 81.7. The van der Waals surface area contributed by atoms with Crippen molar-refractivity contribution in [2.45, 2.75) is 39.2 Å². The molecule has 0 spiro atoms. The van der Waals surface area contributed by atoms with Crippen molar-refractivity contribution < 1.29 is 0 Å². The van der Waals surface area contributed by atoms with E-state index >= 15 is 0 Å². The largest absolute Gasteiger partial charge is 0.355 e. The van der Waals surface area contributed by atoms with Crippen LogP contribution in [0, 0.1) is 0 Å². The van der Waals surface area contributed by atoms with E-state index < -0.39 is 18.3 Å². The van der Waals surface area contributed by atoms with Crippen LogP contribution in [0.25, 0.3) is 21.8 Å². The smallest absolute Gasteiger partial charge is 0.0465 e. The summed E-state index contributed by atoms with van der Waals surface area (Å²) in [4.78, 5) is 14.6. The highest BCUT2D eigenvalue weighted by molar-refractivity contribution is 8.49. The molecule has 0 saturated carbocycles. The Balaban J connectivity index is 1.40. The van der Waals surface area contributed by atoms with E-state index in [1.807, 2.05) is 0 Å². The summed E-state index contributed by atoms with van der Waals surface area (Å²) >= 11 is 0. The number of H-pyrrole nitrogens is 1. The summed E-state index contributed by atoms with van der Waals surface area (Å²) in [5.41, 5.74) is 2.30. The Hall–Kier alpha value is -5.74. The van der Waals surface area contributed by atoms with Gasteiger partial charge in [0.2, 0.25) is 0 Å². The topological polar surface area (TPSA) is 15.8 Å². The predicted molar refractivity (Wildman–Crippen MR) is 230 cm³/mol. The molecule has 0 aliphatic carbocycles. The normalized spacial score (nSPS) is 13.5. The van der Waals surface area contributed by atoms with Gasteiger partial charge in [-0.2, -0.15) is 0 Å². The minimum atomic E-state index is -3.24. The third-order valence-corrected chi connectivity index (χ3v) is 24.9. The number of aromatic nitrogens is 1. The van der Waals surface area contributed by atoms with Crippen LogP contribution in [0.3, 0.4) is 0 Å². The van der Waals surface area contributed by atoms with Gasteiger partial charge in [0.1, 0.15) is 0 Å². The van der Waals surface area contributed by atoms with Crippen LogP contribution in [0.4, 0.5) is 0 Å². The highest BCUT2D eigenvalue weighted by atomic mass is 32.3. The summed E-state index contributed by atoms with van der Waals surface area (Å²) < 4.78 is 0. The van der Waals surface area contributed by atoms with Crippen molar-refractivity contribution in [3.8, 4) is 0 Å². The van der Waals surface area contributed by atoms with Gasteiger partial charge < -0.3 is 4.98 Å². The van der Waals surface area contributed by atoms with Gasteiger partial charge in [-0.15, -0.1) is 0 Å². The zero-order valence-corrected chi connectivity index (χ0v) is 32.0. The molecule has 1 aromatic heterocycles. The van der Waals surface area contributed by atoms with E-state index in [0.29, 0.717) is 0 Å². The first kappa shape index (κ1) is 33.1. The second-order valence-electron chi connectivity index (χ2n) is 14.7. The minimum Gasteiger partial charge on any atom is -0.355 e. The quantitative estimate of drug-likeness (QED) is 0.129. The fraction of sp³-hybridized carbons (Fsp3) is 0.0400. The molecule has 0 unspecified atom stereocenters. The third-order valence-electron chi connectivity index (χ3n) is 12.3. The molecule has 9 rings (SSSR count). The Morgan fingerprint density at radius 1 is 0.264 bits per heavy atom. The highest BCUT2D eigenvalue weighted by Crippen LogP contribution is 2.89. The maximum atomic E-state index is 3.83. The Kier molecular flexibility index (Phi) is 7.78. The van der Waals surface area contributed by atoms with Crippen molar-refractivity contribution in [2.24, 2.45) is 0 Å². The zero-order valence-electron chi connectivity index (χ0n) is 30.2. The molecule has 9 aromatic rings. The average Bonchev–Trinajstić information content (AvgIpc) is 3.62. The van der Waals surface area contributed by atoms with Crippen LogP contribution in [-0.2, 0) is 0 Å². The lowest BCUT2D eigenvalue weighted by Crippen LogP contribution is -2.20. The Labute approximate surface area is 313 Å². The van der Waals surface area contributed by atoms with Gasteiger partial charge in [-0.25, -0.2) is 18.3 Å². The average molecular weight is 724 g/mol. The van der Waals surface area contributed by atoms with Gasteiger partial charge in [0.25, 0.3) is 0 Å². The maximum absolute atomic E-state index is 3.83. The number of aromatic amines is 1. The number of benzene rings is 8. The first-order valence-electron chi connectivity index (χ1n) is 18.4. The highest BCUT2D eigenvalue weighted by Gasteiger charge is 2.45. The van der Waals surface area contributed by atoms with Crippen molar-refractivity contribution >= 4 is 40.1 Å². The van der Waals surface area contributed by atoms with Crippen molar-refractivity contribution in [1.82, 2.24) is 4.98 Å². The van der Waals surface area contributed by atoms with Crippen molar-refractivity contribution in [3.05, 3.63) is 218 Å². The third kappa shape index (κ3) is 4.61. The van der Waals surface area contributed by atoms with Crippen LogP contribution in [0.2, 0.25) is 0 Å². The molecule has 0 radical (unpaired) electrons. The van der Waals surface area contributed by atoms with Crippen LogP contribution in [0.15, 0.2) is 258 Å². The lowest BCUT2D eigenvalue weighted by atomic mass is 10.1. The van der Waals surface area contributed by atoms with Crippen LogP contribution in [-0.4, -0.2) is 17.5 Å². The first-order valence-corrected chi connectivity index (χ1v) is 23.7. The molecule has 8 aromatic carbocycles. The molecule has 0 aliphatic rings. The number of hydrogen-bond acceptors (Lipinski definition) is 0. The first-order chi connectivity index (χ1) is 25.9. The van der Waals surface area contributed by atoms with Gasteiger partial charge in [0.15, 0.2) is 0 Å². The number of thiol groups is 2. The fourth-order valence-corrected chi connectivity index (χ4v) is 20.0.